The maximum atomic E-state index is 13.5. The molecule has 0 fully saturated rings. The third kappa shape index (κ3) is 12.4. The third-order valence-corrected chi connectivity index (χ3v) is 3.60. The summed E-state index contributed by atoms with van der Waals surface area (Å²) >= 11 is 0. The van der Waals surface area contributed by atoms with E-state index in [4.69, 9.17) is 5.11 Å². The van der Waals surface area contributed by atoms with Crippen molar-refractivity contribution in [1.82, 2.24) is 0 Å². The van der Waals surface area contributed by atoms with Crippen molar-refractivity contribution in [3.63, 3.8) is 0 Å². The van der Waals surface area contributed by atoms with Crippen LogP contribution in [0.15, 0.2) is 0 Å². The molecule has 0 aliphatic rings. The lowest BCUT2D eigenvalue weighted by Crippen LogP contribution is -2.17. The van der Waals surface area contributed by atoms with Gasteiger partial charge in [0.2, 0.25) is 0 Å². The van der Waals surface area contributed by atoms with Crippen molar-refractivity contribution in [3.05, 3.63) is 0 Å². The van der Waals surface area contributed by atoms with Gasteiger partial charge in [-0.05, 0) is 19.3 Å². The van der Waals surface area contributed by atoms with Gasteiger partial charge in [0.05, 0.1) is 0 Å². The maximum Gasteiger partial charge on any atom is 0.303 e. The fourth-order valence-electron chi connectivity index (χ4n) is 2.27. The van der Waals surface area contributed by atoms with Crippen LogP contribution in [-0.4, -0.2) is 23.4 Å². The van der Waals surface area contributed by atoms with Crippen LogP contribution < -0.4 is 0 Å². The molecule has 0 bridgehead atoms. The van der Waals surface area contributed by atoms with E-state index in [1.54, 1.807) is 0 Å². The molecule has 0 aliphatic heterocycles. The number of alkyl halides is 2. The summed E-state index contributed by atoms with van der Waals surface area (Å²) in [7, 11) is 0. The Labute approximate surface area is 122 Å². The van der Waals surface area contributed by atoms with Crippen LogP contribution in [0.1, 0.15) is 84.0 Å². The Hall–Kier alpha value is -0.670. The molecule has 0 saturated heterocycles. The van der Waals surface area contributed by atoms with Gasteiger partial charge in [0.1, 0.15) is 12.3 Å². The lowest BCUT2D eigenvalue weighted by Gasteiger charge is -2.13. The Bertz CT molecular complexity index is 235. The number of unbranched alkanes of at least 4 members (excludes halogenated alkanes) is 7. The summed E-state index contributed by atoms with van der Waals surface area (Å²) in [5.41, 5.74) is 0. The molecule has 2 nitrogen and oxygen atoms in total. The molecule has 0 aromatic heterocycles. The molecule has 120 valence electrons. The Balaban J connectivity index is 3.38. The first-order valence-electron chi connectivity index (χ1n) is 8.07. The average Bonchev–Trinajstić information content (AvgIpc) is 2.41. The molecule has 4 heteroatoms. The smallest absolute Gasteiger partial charge is 0.303 e. The predicted octanol–water partition coefficient (Wildman–Crippen LogP) is 5.45. The summed E-state index contributed by atoms with van der Waals surface area (Å²) < 4.78 is 27.0. The van der Waals surface area contributed by atoms with E-state index in [2.05, 4.69) is 6.92 Å². The number of carboxylic acid groups (broad SMARTS) is 1. The Morgan fingerprint density at radius 2 is 1.30 bits per heavy atom. The van der Waals surface area contributed by atoms with Crippen LogP contribution in [0.25, 0.3) is 0 Å². The first-order chi connectivity index (χ1) is 9.57. The molecule has 2 atom stereocenters. The van der Waals surface area contributed by atoms with Crippen molar-refractivity contribution < 1.29 is 18.7 Å². The van der Waals surface area contributed by atoms with Crippen LogP contribution in [0.4, 0.5) is 8.78 Å². The summed E-state index contributed by atoms with van der Waals surface area (Å²) in [5.74, 6) is -0.767. The second kappa shape index (κ2) is 13.3. The van der Waals surface area contributed by atoms with Crippen LogP contribution in [-0.2, 0) is 4.79 Å². The van der Waals surface area contributed by atoms with Gasteiger partial charge in [0.15, 0.2) is 0 Å². The fraction of sp³-hybridized carbons (Fsp3) is 0.938. The van der Waals surface area contributed by atoms with Gasteiger partial charge in [-0.15, -0.1) is 0 Å². The number of aliphatic carboxylic acids is 1. The molecule has 20 heavy (non-hydrogen) atoms. The van der Waals surface area contributed by atoms with E-state index in [9.17, 15) is 13.6 Å². The maximum absolute atomic E-state index is 13.5. The Kier molecular flexibility index (Phi) is 12.9. The highest BCUT2D eigenvalue weighted by molar-refractivity contribution is 5.66. The van der Waals surface area contributed by atoms with Crippen molar-refractivity contribution in [2.24, 2.45) is 0 Å². The van der Waals surface area contributed by atoms with Crippen LogP contribution in [0.2, 0.25) is 0 Å². The molecule has 0 rings (SSSR count). The first kappa shape index (κ1) is 19.3. The van der Waals surface area contributed by atoms with Crippen molar-refractivity contribution in [3.8, 4) is 0 Å². The SMILES string of the molecule is CCCCCC[C@H]([18F])[C@H]([18F])CCCCCCCC(=O)O. The average molecular weight is 290 g/mol. The first-order valence-corrected chi connectivity index (χ1v) is 8.07. The van der Waals surface area contributed by atoms with Crippen molar-refractivity contribution in [2.75, 3.05) is 0 Å². The lowest BCUT2D eigenvalue weighted by atomic mass is 10.0. The summed E-state index contributed by atoms with van der Waals surface area (Å²) in [5, 5.41) is 8.46. The Morgan fingerprint density at radius 3 is 1.80 bits per heavy atom. The van der Waals surface area contributed by atoms with Gasteiger partial charge in [0, 0.05) is 6.42 Å². The summed E-state index contributed by atoms with van der Waals surface area (Å²) in [6.45, 7) is 2.10. The highest BCUT2D eigenvalue weighted by Crippen LogP contribution is 2.19. The predicted molar refractivity (Wildman–Crippen MR) is 78.5 cm³/mol. The quantitative estimate of drug-likeness (QED) is 0.432. The molecule has 0 saturated carbocycles. The van der Waals surface area contributed by atoms with E-state index in [1.165, 1.54) is 0 Å². The molecule has 1 N–H and O–H groups in total. The van der Waals surface area contributed by atoms with Gasteiger partial charge in [-0.25, -0.2) is 8.78 Å². The second-order valence-electron chi connectivity index (χ2n) is 5.58. The van der Waals surface area contributed by atoms with Crippen molar-refractivity contribution in [1.29, 1.82) is 0 Å². The van der Waals surface area contributed by atoms with Crippen molar-refractivity contribution in [2.45, 2.75) is 96.3 Å². The molecule has 0 aromatic carbocycles. The van der Waals surface area contributed by atoms with Gasteiger partial charge in [0.25, 0.3) is 0 Å². The van der Waals surface area contributed by atoms with Crippen LogP contribution in [0.5, 0.6) is 0 Å². The molecule has 0 aromatic rings. The van der Waals surface area contributed by atoms with Gasteiger partial charge >= 0.3 is 5.97 Å². The molecule has 0 unspecified atom stereocenters. The lowest BCUT2D eigenvalue weighted by molar-refractivity contribution is -0.137. The fourth-order valence-corrected chi connectivity index (χ4v) is 2.27. The summed E-state index contributed by atoms with van der Waals surface area (Å²) in [6.07, 6.45) is 6.21. The minimum atomic E-state index is -1.32. The third-order valence-electron chi connectivity index (χ3n) is 3.60. The minimum Gasteiger partial charge on any atom is -0.481 e. The number of halogens is 2. The Morgan fingerprint density at radius 1 is 0.850 bits per heavy atom. The second-order valence-corrected chi connectivity index (χ2v) is 5.58. The number of hydrogen-bond donors (Lipinski definition) is 1. The largest absolute Gasteiger partial charge is 0.481 e. The van der Waals surface area contributed by atoms with E-state index in [0.29, 0.717) is 25.7 Å². The zero-order valence-electron chi connectivity index (χ0n) is 12.8. The number of rotatable bonds is 14. The van der Waals surface area contributed by atoms with Crippen LogP contribution in [0.3, 0.4) is 0 Å². The van der Waals surface area contributed by atoms with E-state index in [-0.39, 0.29) is 6.42 Å². The van der Waals surface area contributed by atoms with Gasteiger partial charge in [-0.2, -0.15) is 0 Å². The van der Waals surface area contributed by atoms with Crippen LogP contribution >= 0.6 is 0 Å². The van der Waals surface area contributed by atoms with E-state index < -0.39 is 18.3 Å². The molecular formula is C16H30F2O2. The van der Waals surface area contributed by atoms with Gasteiger partial charge in [-0.1, -0.05) is 58.3 Å². The number of carbonyl (C=O) groups is 1. The van der Waals surface area contributed by atoms with E-state index >= 15 is 0 Å². The zero-order valence-corrected chi connectivity index (χ0v) is 12.8. The molecule has 0 heterocycles. The molecule has 0 amide bonds. The van der Waals surface area contributed by atoms with Crippen LogP contribution in [0, 0.1) is 0 Å². The molecular weight excluding hydrogens is 260 g/mol. The van der Waals surface area contributed by atoms with Gasteiger partial charge < -0.3 is 5.11 Å². The van der Waals surface area contributed by atoms with E-state index in [1.807, 2.05) is 0 Å². The molecule has 0 radical (unpaired) electrons. The highest BCUT2D eigenvalue weighted by Gasteiger charge is 2.19. The zero-order chi connectivity index (χ0) is 15.2. The topological polar surface area (TPSA) is 37.3 Å². The molecule has 0 spiro atoms. The summed E-state index contributed by atoms with van der Waals surface area (Å²) in [4.78, 5) is 10.3. The standard InChI is InChI=1S/C16H30F2O2/c1-2-3-4-8-11-14(17)15(18)12-9-6-5-7-10-13-16(19)20/h14-15H,2-13H2,1H3,(H,19,20)/t14-,15+/m0/s1/i17-1,18-1. The number of carboxylic acids is 1. The van der Waals surface area contributed by atoms with Crippen molar-refractivity contribution >= 4 is 5.97 Å². The molecule has 0 aliphatic carbocycles. The summed E-state index contributed by atoms with van der Waals surface area (Å²) in [6, 6.07) is 0. The van der Waals surface area contributed by atoms with Gasteiger partial charge in [-0.3, -0.25) is 4.79 Å². The minimum absolute atomic E-state index is 0.204. The van der Waals surface area contributed by atoms with E-state index in [0.717, 1.165) is 44.9 Å². The normalized spacial score (nSPS) is 14.2. The monoisotopic (exact) mass is 290 g/mol. The number of hydrogen-bond acceptors (Lipinski definition) is 1. The highest BCUT2D eigenvalue weighted by atomic mass is 18.2.